The van der Waals surface area contributed by atoms with Gasteiger partial charge in [0, 0.05) is 11.6 Å². The molecular formula is C10H10InNO2. The Balaban J connectivity index is 0.000000980. The van der Waals surface area contributed by atoms with Crippen LogP contribution in [0.3, 0.4) is 0 Å². The normalized spacial score (nSPS) is 9.43. The standard InChI is InChI=1S/C10H7NO2.In.3H/c12-10(13)8-5-1-3-7-4-2-6-11-9(7)8;;;;/h1-6H,(H,12,13);;;;. The predicted molar refractivity (Wildman–Crippen MR) is 58.6 cm³/mol. The summed E-state index contributed by atoms with van der Waals surface area (Å²) >= 11 is 0. The first-order valence-corrected chi connectivity index (χ1v) is 3.86. The van der Waals surface area contributed by atoms with Crippen LogP contribution in [0.5, 0.6) is 0 Å². The van der Waals surface area contributed by atoms with E-state index in [1.807, 2.05) is 12.1 Å². The molecule has 0 saturated carbocycles. The Hall–Kier alpha value is -1.03. The summed E-state index contributed by atoms with van der Waals surface area (Å²) in [6.45, 7) is 0. The van der Waals surface area contributed by atoms with Gasteiger partial charge >= 0.3 is 31.8 Å². The summed E-state index contributed by atoms with van der Waals surface area (Å²) in [5, 5.41) is 9.69. The van der Waals surface area contributed by atoms with Crippen LogP contribution in [0.4, 0.5) is 0 Å². The summed E-state index contributed by atoms with van der Waals surface area (Å²) < 4.78 is 0. The fourth-order valence-corrected chi connectivity index (χ4v) is 1.28. The van der Waals surface area contributed by atoms with Crippen LogP contribution >= 0.6 is 0 Å². The Morgan fingerprint density at radius 2 is 1.93 bits per heavy atom. The third-order valence-electron chi connectivity index (χ3n) is 1.86. The number of carboxylic acids is 1. The van der Waals surface area contributed by atoms with Crippen molar-refractivity contribution >= 4 is 42.7 Å². The molecule has 0 radical (unpaired) electrons. The summed E-state index contributed by atoms with van der Waals surface area (Å²) in [7, 11) is 0. The number of nitrogens with zero attached hydrogens (tertiary/aromatic N) is 1. The number of benzene rings is 1. The molecule has 4 heteroatoms. The summed E-state index contributed by atoms with van der Waals surface area (Å²) in [4.78, 5) is 14.8. The van der Waals surface area contributed by atoms with E-state index in [-0.39, 0.29) is 31.4 Å². The van der Waals surface area contributed by atoms with E-state index >= 15 is 0 Å². The molecule has 0 saturated heterocycles. The van der Waals surface area contributed by atoms with Gasteiger partial charge in [-0.3, -0.25) is 4.98 Å². The molecule has 0 unspecified atom stereocenters. The van der Waals surface area contributed by atoms with Crippen molar-refractivity contribution in [2.24, 2.45) is 0 Å². The molecule has 0 aliphatic rings. The van der Waals surface area contributed by atoms with Gasteiger partial charge in [0.25, 0.3) is 0 Å². The molecule has 0 fully saturated rings. The summed E-state index contributed by atoms with van der Waals surface area (Å²) in [6.07, 6.45) is 1.59. The topological polar surface area (TPSA) is 50.2 Å². The van der Waals surface area contributed by atoms with Gasteiger partial charge in [-0.1, -0.05) is 18.2 Å². The van der Waals surface area contributed by atoms with E-state index in [0.29, 0.717) is 5.52 Å². The van der Waals surface area contributed by atoms with Crippen LogP contribution in [0.15, 0.2) is 36.5 Å². The van der Waals surface area contributed by atoms with Crippen LogP contribution < -0.4 is 0 Å². The first kappa shape index (κ1) is 11.0. The number of para-hydroxylation sites is 1. The van der Waals surface area contributed by atoms with Gasteiger partial charge in [0.05, 0.1) is 11.1 Å². The van der Waals surface area contributed by atoms with Crippen molar-refractivity contribution in [2.45, 2.75) is 0 Å². The Kier molecular flexibility index (Phi) is 3.52. The zero-order chi connectivity index (χ0) is 9.26. The molecule has 0 atom stereocenters. The second-order valence-electron chi connectivity index (χ2n) is 2.69. The molecule has 2 rings (SSSR count). The minimum atomic E-state index is -0.940. The number of fused-ring (bicyclic) bond motifs is 1. The van der Waals surface area contributed by atoms with E-state index in [2.05, 4.69) is 4.98 Å². The number of hydrogen-bond acceptors (Lipinski definition) is 2. The molecule has 14 heavy (non-hydrogen) atoms. The number of pyridine rings is 1. The minimum absolute atomic E-state index is 0. The van der Waals surface area contributed by atoms with Crippen LogP contribution in [0.25, 0.3) is 10.9 Å². The van der Waals surface area contributed by atoms with Gasteiger partial charge in [0.1, 0.15) is 0 Å². The van der Waals surface area contributed by atoms with E-state index in [9.17, 15) is 4.79 Å². The summed E-state index contributed by atoms with van der Waals surface area (Å²) in [5.74, 6) is -0.940. The predicted octanol–water partition coefficient (Wildman–Crippen LogP) is 0.749. The van der Waals surface area contributed by atoms with Gasteiger partial charge in [-0.2, -0.15) is 0 Å². The molecule has 0 aliphatic carbocycles. The quantitative estimate of drug-likeness (QED) is 0.843. The second-order valence-corrected chi connectivity index (χ2v) is 2.69. The molecule has 0 bridgehead atoms. The first-order chi connectivity index (χ1) is 6.29. The van der Waals surface area contributed by atoms with Gasteiger partial charge in [-0.25, -0.2) is 4.79 Å². The molecule has 1 heterocycles. The summed E-state index contributed by atoms with van der Waals surface area (Å²) in [6, 6.07) is 8.74. The molecule has 3 nitrogen and oxygen atoms in total. The zero-order valence-electron chi connectivity index (χ0n) is 6.77. The molecule has 70 valence electrons. The zero-order valence-corrected chi connectivity index (χ0v) is 6.77. The molecule has 1 aromatic heterocycles. The van der Waals surface area contributed by atoms with E-state index in [4.69, 9.17) is 5.11 Å². The number of rotatable bonds is 1. The summed E-state index contributed by atoms with van der Waals surface area (Å²) in [5.41, 5.74) is 0.788. The monoisotopic (exact) mass is 291 g/mol. The van der Waals surface area contributed by atoms with Crippen molar-refractivity contribution in [2.75, 3.05) is 0 Å². The molecular weight excluding hydrogens is 281 g/mol. The van der Waals surface area contributed by atoms with Gasteiger partial charge in [-0.05, 0) is 12.1 Å². The van der Waals surface area contributed by atoms with Crippen LogP contribution in [0.1, 0.15) is 10.4 Å². The molecule has 0 amide bonds. The number of aromatic carboxylic acids is 1. The Morgan fingerprint density at radius 3 is 2.64 bits per heavy atom. The molecule has 1 N–H and O–H groups in total. The van der Waals surface area contributed by atoms with Gasteiger partial charge in [0.15, 0.2) is 0 Å². The fraction of sp³-hybridized carbons (Fsp3) is 0. The van der Waals surface area contributed by atoms with E-state index in [1.165, 1.54) is 0 Å². The molecule has 0 spiro atoms. The number of aromatic nitrogens is 1. The Bertz CT molecular complexity index is 465. The van der Waals surface area contributed by atoms with Crippen molar-refractivity contribution < 1.29 is 9.90 Å². The van der Waals surface area contributed by atoms with Crippen molar-refractivity contribution in [1.29, 1.82) is 0 Å². The number of hydrogen-bond donors (Lipinski definition) is 1. The average Bonchev–Trinajstić information content (AvgIpc) is 2.17. The SMILES string of the molecule is O=C(O)c1cccc2cccnc12.[InH3]. The van der Waals surface area contributed by atoms with E-state index < -0.39 is 5.97 Å². The van der Waals surface area contributed by atoms with Gasteiger partial charge in [0.2, 0.25) is 0 Å². The van der Waals surface area contributed by atoms with Crippen LogP contribution in [0, 0.1) is 0 Å². The van der Waals surface area contributed by atoms with Crippen molar-refractivity contribution in [3.8, 4) is 0 Å². The average molecular weight is 291 g/mol. The van der Waals surface area contributed by atoms with Gasteiger partial charge in [-0.15, -0.1) is 0 Å². The van der Waals surface area contributed by atoms with E-state index in [1.54, 1.807) is 24.4 Å². The van der Waals surface area contributed by atoms with Crippen molar-refractivity contribution in [3.05, 3.63) is 42.1 Å². The second kappa shape index (κ2) is 4.46. The molecule has 2 aromatic rings. The first-order valence-electron chi connectivity index (χ1n) is 3.86. The maximum atomic E-state index is 10.8. The Morgan fingerprint density at radius 1 is 1.21 bits per heavy atom. The Labute approximate surface area is 99.6 Å². The van der Waals surface area contributed by atoms with Crippen LogP contribution in [-0.4, -0.2) is 41.9 Å². The molecule has 0 aliphatic heterocycles. The van der Waals surface area contributed by atoms with Gasteiger partial charge < -0.3 is 5.11 Å². The van der Waals surface area contributed by atoms with Crippen molar-refractivity contribution in [1.82, 2.24) is 4.98 Å². The third kappa shape index (κ3) is 1.90. The third-order valence-corrected chi connectivity index (χ3v) is 1.86. The van der Waals surface area contributed by atoms with Crippen LogP contribution in [-0.2, 0) is 0 Å². The van der Waals surface area contributed by atoms with Crippen LogP contribution in [0.2, 0.25) is 0 Å². The number of carboxylic acid groups (broad SMARTS) is 1. The molecule has 1 aromatic carbocycles. The fourth-order valence-electron chi connectivity index (χ4n) is 1.28. The maximum absolute atomic E-state index is 10.8. The van der Waals surface area contributed by atoms with Crippen molar-refractivity contribution in [3.63, 3.8) is 0 Å². The van der Waals surface area contributed by atoms with E-state index in [0.717, 1.165) is 5.39 Å². The number of carbonyl (C=O) groups is 1.